The van der Waals surface area contributed by atoms with Crippen LogP contribution in [0.4, 0.5) is 0 Å². The van der Waals surface area contributed by atoms with Gasteiger partial charge in [-0.15, -0.1) is 11.3 Å². The van der Waals surface area contributed by atoms with Gasteiger partial charge in [0.05, 0.1) is 15.9 Å². The van der Waals surface area contributed by atoms with Gasteiger partial charge in [-0.1, -0.05) is 6.07 Å². The predicted molar refractivity (Wildman–Crippen MR) is 123 cm³/mol. The zero-order chi connectivity index (χ0) is 21.7. The van der Waals surface area contributed by atoms with Gasteiger partial charge in [0.2, 0.25) is 15.9 Å². The number of thiophene rings is 1. The summed E-state index contributed by atoms with van der Waals surface area (Å²) < 4.78 is 27.8. The SMILES string of the molecule is CN(C)S(=O)(=O)c1ccc2c(c1)nc(CCC(=O)NCCSCc1cccs1)n2C. The lowest BCUT2D eigenvalue weighted by molar-refractivity contribution is -0.120. The van der Waals surface area contributed by atoms with Crippen molar-refractivity contribution >= 4 is 50.1 Å². The maximum atomic E-state index is 12.3. The lowest BCUT2D eigenvalue weighted by Crippen LogP contribution is -2.26. The van der Waals surface area contributed by atoms with Crippen LogP contribution < -0.4 is 5.32 Å². The second-order valence-electron chi connectivity index (χ2n) is 7.01. The molecule has 0 radical (unpaired) electrons. The molecule has 0 aliphatic heterocycles. The maximum absolute atomic E-state index is 12.3. The summed E-state index contributed by atoms with van der Waals surface area (Å²) >= 11 is 3.55. The van der Waals surface area contributed by atoms with Crippen molar-refractivity contribution in [2.45, 2.75) is 23.5 Å². The van der Waals surface area contributed by atoms with Gasteiger partial charge in [-0.2, -0.15) is 11.8 Å². The number of sulfonamides is 1. The average molecular weight is 467 g/mol. The smallest absolute Gasteiger partial charge is 0.242 e. The number of imidazole rings is 1. The molecule has 3 aromatic rings. The number of aromatic nitrogens is 2. The number of rotatable bonds is 10. The normalized spacial score (nSPS) is 12.0. The quantitative estimate of drug-likeness (QED) is 0.465. The first-order valence-electron chi connectivity index (χ1n) is 9.53. The van der Waals surface area contributed by atoms with Crippen LogP contribution in [-0.4, -0.2) is 54.6 Å². The highest BCUT2D eigenvalue weighted by Crippen LogP contribution is 2.22. The van der Waals surface area contributed by atoms with Gasteiger partial charge in [-0.3, -0.25) is 4.79 Å². The van der Waals surface area contributed by atoms with E-state index in [4.69, 9.17) is 0 Å². The van der Waals surface area contributed by atoms with Crippen LogP contribution in [0, 0.1) is 0 Å². The zero-order valence-corrected chi connectivity index (χ0v) is 19.7. The Hall–Kier alpha value is -1.88. The van der Waals surface area contributed by atoms with E-state index >= 15 is 0 Å². The molecule has 10 heteroatoms. The number of thioether (sulfide) groups is 1. The number of amides is 1. The fourth-order valence-corrected chi connectivity index (χ4v) is 5.59. The largest absolute Gasteiger partial charge is 0.355 e. The van der Waals surface area contributed by atoms with E-state index in [9.17, 15) is 13.2 Å². The van der Waals surface area contributed by atoms with Crippen LogP contribution in [0.5, 0.6) is 0 Å². The van der Waals surface area contributed by atoms with Crippen LogP contribution in [0.2, 0.25) is 0 Å². The van der Waals surface area contributed by atoms with Crippen molar-refractivity contribution in [3.05, 3.63) is 46.4 Å². The Labute approximate surface area is 185 Å². The standard InChI is InChI=1S/C20H26N4O3S3/c1-23(2)30(26,27)16-6-7-18-17(13-16)22-19(24(18)3)8-9-20(25)21-10-12-28-14-15-5-4-11-29-15/h4-7,11,13H,8-10,12,14H2,1-3H3,(H,21,25). The topological polar surface area (TPSA) is 84.3 Å². The summed E-state index contributed by atoms with van der Waals surface area (Å²) in [5.41, 5.74) is 1.45. The molecular weight excluding hydrogens is 440 g/mol. The molecule has 3 rings (SSSR count). The third-order valence-corrected chi connectivity index (χ3v) is 8.57. The van der Waals surface area contributed by atoms with Crippen molar-refractivity contribution in [3.8, 4) is 0 Å². The molecule has 7 nitrogen and oxygen atoms in total. The first-order chi connectivity index (χ1) is 14.3. The number of hydrogen-bond acceptors (Lipinski definition) is 6. The van der Waals surface area contributed by atoms with Gasteiger partial charge >= 0.3 is 0 Å². The zero-order valence-electron chi connectivity index (χ0n) is 17.3. The molecule has 0 aliphatic rings. The van der Waals surface area contributed by atoms with Crippen molar-refractivity contribution < 1.29 is 13.2 Å². The van der Waals surface area contributed by atoms with Crippen molar-refractivity contribution in [1.82, 2.24) is 19.2 Å². The number of aryl methyl sites for hydroxylation is 2. The number of carbonyl (C=O) groups is 1. The van der Waals surface area contributed by atoms with E-state index < -0.39 is 10.0 Å². The summed E-state index contributed by atoms with van der Waals surface area (Å²) in [6.07, 6.45) is 0.838. The first-order valence-corrected chi connectivity index (χ1v) is 13.0. The van der Waals surface area contributed by atoms with Crippen molar-refractivity contribution in [3.63, 3.8) is 0 Å². The molecule has 0 saturated heterocycles. The fourth-order valence-electron chi connectivity index (χ4n) is 2.97. The summed E-state index contributed by atoms with van der Waals surface area (Å²) in [6, 6.07) is 9.09. The van der Waals surface area contributed by atoms with Crippen LogP contribution in [0.25, 0.3) is 11.0 Å². The number of benzene rings is 1. The Morgan fingerprint density at radius 1 is 1.30 bits per heavy atom. The summed E-state index contributed by atoms with van der Waals surface area (Å²) in [6.45, 7) is 0.642. The minimum atomic E-state index is -3.51. The lowest BCUT2D eigenvalue weighted by Gasteiger charge is -2.10. The van der Waals surface area contributed by atoms with E-state index in [1.54, 1.807) is 41.3 Å². The third-order valence-electron chi connectivity index (χ3n) is 4.69. The van der Waals surface area contributed by atoms with Gasteiger partial charge in [-0.05, 0) is 29.6 Å². The Bertz CT molecular complexity index is 1110. The first kappa shape index (κ1) is 22.8. The molecule has 0 bridgehead atoms. The molecular formula is C20H26N4O3S3. The molecule has 0 saturated carbocycles. The minimum absolute atomic E-state index is 0.00495. The summed E-state index contributed by atoms with van der Waals surface area (Å²) in [7, 11) is 1.38. The maximum Gasteiger partial charge on any atom is 0.242 e. The predicted octanol–water partition coefficient (Wildman–Crippen LogP) is 2.87. The van der Waals surface area contributed by atoms with Gasteiger partial charge in [0.15, 0.2) is 0 Å². The summed E-state index contributed by atoms with van der Waals surface area (Å²) in [5.74, 6) is 2.60. The van der Waals surface area contributed by atoms with Gasteiger partial charge in [0, 0.05) is 56.9 Å². The Kier molecular flexibility index (Phi) is 7.56. The van der Waals surface area contributed by atoms with Gasteiger partial charge in [0.1, 0.15) is 5.82 Å². The monoisotopic (exact) mass is 466 g/mol. The summed E-state index contributed by atoms with van der Waals surface area (Å²) in [5, 5.41) is 5.02. The van der Waals surface area contributed by atoms with E-state index in [-0.39, 0.29) is 10.8 Å². The van der Waals surface area contributed by atoms with Gasteiger partial charge in [0.25, 0.3) is 0 Å². The van der Waals surface area contributed by atoms with Crippen LogP contribution >= 0.6 is 23.1 Å². The van der Waals surface area contributed by atoms with Crippen LogP contribution in [0.15, 0.2) is 40.6 Å². The molecule has 162 valence electrons. The van der Waals surface area contributed by atoms with Crippen molar-refractivity contribution in [1.29, 1.82) is 0 Å². The minimum Gasteiger partial charge on any atom is -0.355 e. The lowest BCUT2D eigenvalue weighted by atomic mass is 10.3. The van der Waals surface area contributed by atoms with E-state index in [0.717, 1.165) is 22.8 Å². The highest BCUT2D eigenvalue weighted by atomic mass is 32.2. The average Bonchev–Trinajstić information content (AvgIpc) is 3.33. The molecule has 0 fully saturated rings. The molecule has 2 heterocycles. The molecule has 0 spiro atoms. The number of hydrogen-bond donors (Lipinski definition) is 1. The number of nitrogens with zero attached hydrogens (tertiary/aromatic N) is 3. The third kappa shape index (κ3) is 5.42. The molecule has 1 amide bonds. The second kappa shape index (κ2) is 9.95. The molecule has 0 aliphatic carbocycles. The fraction of sp³-hybridized carbons (Fsp3) is 0.400. The van der Waals surface area contributed by atoms with Crippen LogP contribution in [0.1, 0.15) is 17.1 Å². The number of carbonyl (C=O) groups excluding carboxylic acids is 1. The Morgan fingerprint density at radius 3 is 2.80 bits per heavy atom. The molecule has 2 aromatic heterocycles. The van der Waals surface area contributed by atoms with Crippen LogP contribution in [0.3, 0.4) is 0 Å². The number of fused-ring (bicyclic) bond motifs is 1. The van der Waals surface area contributed by atoms with Gasteiger partial charge in [-0.25, -0.2) is 17.7 Å². The highest BCUT2D eigenvalue weighted by Gasteiger charge is 2.19. The van der Waals surface area contributed by atoms with E-state index in [1.807, 2.05) is 17.7 Å². The highest BCUT2D eigenvalue weighted by molar-refractivity contribution is 7.98. The van der Waals surface area contributed by atoms with Crippen LogP contribution in [-0.2, 0) is 34.0 Å². The molecule has 30 heavy (non-hydrogen) atoms. The number of nitrogens with one attached hydrogen (secondary N) is 1. The van der Waals surface area contributed by atoms with Gasteiger partial charge < -0.3 is 9.88 Å². The summed E-state index contributed by atoms with van der Waals surface area (Å²) in [4.78, 5) is 18.3. The van der Waals surface area contributed by atoms with E-state index in [0.29, 0.717) is 24.9 Å². The van der Waals surface area contributed by atoms with E-state index in [1.165, 1.54) is 23.3 Å². The molecule has 0 atom stereocenters. The Morgan fingerprint density at radius 2 is 2.10 bits per heavy atom. The Balaban J connectivity index is 1.52. The second-order valence-corrected chi connectivity index (χ2v) is 11.3. The molecule has 1 N–H and O–H groups in total. The van der Waals surface area contributed by atoms with Crippen molar-refractivity contribution in [2.75, 3.05) is 26.4 Å². The van der Waals surface area contributed by atoms with Crippen molar-refractivity contribution in [2.24, 2.45) is 7.05 Å². The molecule has 0 unspecified atom stereocenters. The molecule has 1 aromatic carbocycles. The van der Waals surface area contributed by atoms with E-state index in [2.05, 4.69) is 21.7 Å².